The first-order chi connectivity index (χ1) is 8.63. The van der Waals surface area contributed by atoms with Crippen LogP contribution >= 0.6 is 0 Å². The van der Waals surface area contributed by atoms with Crippen molar-refractivity contribution in [2.45, 2.75) is 32.5 Å². The first-order valence-electron chi connectivity index (χ1n) is 6.13. The van der Waals surface area contributed by atoms with Crippen molar-refractivity contribution in [3.63, 3.8) is 0 Å². The van der Waals surface area contributed by atoms with Gasteiger partial charge in [-0.1, -0.05) is 18.2 Å². The number of aryl methyl sites for hydroxylation is 1. The van der Waals surface area contributed by atoms with E-state index in [0.29, 0.717) is 18.5 Å². The molecule has 0 bridgehead atoms. The SMILES string of the molecule is CC(O)CCn1c(=O)c(CN)cc2ccccc21. The molecule has 0 aliphatic heterocycles. The van der Waals surface area contributed by atoms with Crippen molar-refractivity contribution in [3.05, 3.63) is 46.2 Å². The molecule has 0 aliphatic rings. The van der Waals surface area contributed by atoms with Gasteiger partial charge in [0.1, 0.15) is 0 Å². The highest BCUT2D eigenvalue weighted by atomic mass is 16.3. The highest BCUT2D eigenvalue weighted by Gasteiger charge is 2.08. The van der Waals surface area contributed by atoms with Crippen LogP contribution in [-0.2, 0) is 13.1 Å². The molecule has 0 amide bonds. The molecule has 1 heterocycles. The van der Waals surface area contributed by atoms with E-state index in [2.05, 4.69) is 0 Å². The summed E-state index contributed by atoms with van der Waals surface area (Å²) >= 11 is 0. The minimum Gasteiger partial charge on any atom is -0.393 e. The number of nitrogens with zero attached hydrogens (tertiary/aromatic N) is 1. The third kappa shape index (κ3) is 2.44. The summed E-state index contributed by atoms with van der Waals surface area (Å²) in [6, 6.07) is 9.57. The summed E-state index contributed by atoms with van der Waals surface area (Å²) in [6.07, 6.45) is 0.134. The Morgan fingerprint density at radius 3 is 2.78 bits per heavy atom. The number of pyridine rings is 1. The van der Waals surface area contributed by atoms with E-state index in [1.807, 2.05) is 30.3 Å². The van der Waals surface area contributed by atoms with Crippen molar-refractivity contribution < 1.29 is 5.11 Å². The Hall–Kier alpha value is -1.65. The van der Waals surface area contributed by atoms with Crippen molar-refractivity contribution in [2.24, 2.45) is 5.73 Å². The van der Waals surface area contributed by atoms with Crippen LogP contribution in [0.4, 0.5) is 0 Å². The number of aromatic nitrogens is 1. The topological polar surface area (TPSA) is 68.2 Å². The van der Waals surface area contributed by atoms with Crippen molar-refractivity contribution in [2.75, 3.05) is 0 Å². The fourth-order valence-electron chi connectivity index (χ4n) is 2.07. The molecule has 0 saturated carbocycles. The van der Waals surface area contributed by atoms with E-state index in [1.54, 1.807) is 11.5 Å². The smallest absolute Gasteiger partial charge is 0.255 e. The summed E-state index contributed by atoms with van der Waals surface area (Å²) in [5, 5.41) is 10.4. The fraction of sp³-hybridized carbons (Fsp3) is 0.357. The van der Waals surface area contributed by atoms with Gasteiger partial charge in [0.25, 0.3) is 5.56 Å². The van der Waals surface area contributed by atoms with Crippen molar-refractivity contribution >= 4 is 10.9 Å². The molecule has 0 radical (unpaired) electrons. The third-order valence-corrected chi connectivity index (χ3v) is 3.07. The average molecular weight is 246 g/mol. The summed E-state index contributed by atoms with van der Waals surface area (Å²) < 4.78 is 1.70. The highest BCUT2D eigenvalue weighted by Crippen LogP contribution is 2.13. The zero-order valence-electron chi connectivity index (χ0n) is 10.5. The van der Waals surface area contributed by atoms with Crippen LogP contribution < -0.4 is 11.3 Å². The monoisotopic (exact) mass is 246 g/mol. The van der Waals surface area contributed by atoms with Gasteiger partial charge in [0, 0.05) is 18.7 Å². The normalized spacial score (nSPS) is 12.8. The zero-order valence-corrected chi connectivity index (χ0v) is 10.5. The Kier molecular flexibility index (Phi) is 3.79. The molecule has 1 aromatic carbocycles. The molecule has 0 fully saturated rings. The number of aliphatic hydroxyl groups excluding tert-OH is 1. The molecule has 0 spiro atoms. The summed E-state index contributed by atoms with van der Waals surface area (Å²) in [5.41, 5.74) is 7.05. The average Bonchev–Trinajstić information content (AvgIpc) is 2.36. The van der Waals surface area contributed by atoms with E-state index >= 15 is 0 Å². The molecule has 1 atom stereocenters. The molecule has 96 valence electrons. The molecule has 2 aromatic rings. The molecule has 4 nitrogen and oxygen atoms in total. The molecular formula is C14H18N2O2. The largest absolute Gasteiger partial charge is 0.393 e. The van der Waals surface area contributed by atoms with Crippen molar-refractivity contribution in [1.82, 2.24) is 4.57 Å². The van der Waals surface area contributed by atoms with Gasteiger partial charge in [0.05, 0.1) is 11.6 Å². The zero-order chi connectivity index (χ0) is 13.1. The molecule has 18 heavy (non-hydrogen) atoms. The quantitative estimate of drug-likeness (QED) is 0.852. The lowest BCUT2D eigenvalue weighted by Gasteiger charge is -2.13. The summed E-state index contributed by atoms with van der Waals surface area (Å²) in [7, 11) is 0. The van der Waals surface area contributed by atoms with Crippen LogP contribution in [-0.4, -0.2) is 15.8 Å². The van der Waals surface area contributed by atoms with Gasteiger partial charge in [-0.25, -0.2) is 0 Å². The van der Waals surface area contributed by atoms with Crippen LogP contribution in [0.15, 0.2) is 35.1 Å². The molecular weight excluding hydrogens is 228 g/mol. The maximum absolute atomic E-state index is 12.2. The maximum Gasteiger partial charge on any atom is 0.255 e. The number of para-hydroxylation sites is 1. The van der Waals surface area contributed by atoms with E-state index in [1.165, 1.54) is 0 Å². The minimum absolute atomic E-state index is 0.0585. The maximum atomic E-state index is 12.2. The molecule has 1 unspecified atom stereocenters. The van der Waals surface area contributed by atoms with Gasteiger partial charge in [0.15, 0.2) is 0 Å². The molecule has 0 aliphatic carbocycles. The van der Waals surface area contributed by atoms with Gasteiger partial charge in [-0.3, -0.25) is 4.79 Å². The number of aliphatic hydroxyl groups is 1. The Labute approximate surface area is 106 Å². The number of nitrogens with two attached hydrogens (primary N) is 1. The Bertz CT molecular complexity index is 602. The number of benzene rings is 1. The lowest BCUT2D eigenvalue weighted by atomic mass is 10.1. The van der Waals surface area contributed by atoms with Crippen LogP contribution in [0, 0.1) is 0 Å². The Morgan fingerprint density at radius 1 is 1.39 bits per heavy atom. The molecule has 0 saturated heterocycles. The van der Waals surface area contributed by atoms with Gasteiger partial charge in [-0.05, 0) is 30.9 Å². The highest BCUT2D eigenvalue weighted by molar-refractivity contribution is 5.79. The van der Waals surface area contributed by atoms with Crippen LogP contribution in [0.25, 0.3) is 10.9 Å². The fourth-order valence-corrected chi connectivity index (χ4v) is 2.07. The lowest BCUT2D eigenvalue weighted by molar-refractivity contribution is 0.178. The second-order valence-electron chi connectivity index (χ2n) is 4.53. The van der Waals surface area contributed by atoms with Crippen LogP contribution in [0.5, 0.6) is 0 Å². The van der Waals surface area contributed by atoms with Gasteiger partial charge >= 0.3 is 0 Å². The van der Waals surface area contributed by atoms with Gasteiger partial charge in [-0.2, -0.15) is 0 Å². The van der Waals surface area contributed by atoms with E-state index in [-0.39, 0.29) is 12.1 Å². The molecule has 4 heteroatoms. The third-order valence-electron chi connectivity index (χ3n) is 3.07. The minimum atomic E-state index is -0.419. The molecule has 1 aromatic heterocycles. The van der Waals surface area contributed by atoms with E-state index in [0.717, 1.165) is 10.9 Å². The van der Waals surface area contributed by atoms with Gasteiger partial charge < -0.3 is 15.4 Å². The molecule has 3 N–H and O–H groups in total. The summed E-state index contributed by atoms with van der Waals surface area (Å²) in [5.74, 6) is 0. The van der Waals surface area contributed by atoms with Crippen LogP contribution in [0.1, 0.15) is 18.9 Å². The standard InChI is InChI=1S/C14H18N2O2/c1-10(17)6-7-16-13-5-3-2-4-11(13)8-12(9-15)14(16)18/h2-5,8,10,17H,6-7,9,15H2,1H3. The van der Waals surface area contributed by atoms with Crippen molar-refractivity contribution in [3.8, 4) is 0 Å². The Morgan fingerprint density at radius 2 is 2.11 bits per heavy atom. The van der Waals surface area contributed by atoms with E-state index in [4.69, 9.17) is 5.73 Å². The van der Waals surface area contributed by atoms with Gasteiger partial charge in [0.2, 0.25) is 0 Å². The number of hydrogen-bond acceptors (Lipinski definition) is 3. The molecule has 2 rings (SSSR count). The second kappa shape index (κ2) is 5.33. The first kappa shape index (κ1) is 12.8. The summed E-state index contributed by atoms with van der Waals surface area (Å²) in [4.78, 5) is 12.2. The number of fused-ring (bicyclic) bond motifs is 1. The lowest BCUT2D eigenvalue weighted by Crippen LogP contribution is -2.26. The first-order valence-corrected chi connectivity index (χ1v) is 6.13. The van der Waals surface area contributed by atoms with Crippen LogP contribution in [0.2, 0.25) is 0 Å². The van der Waals surface area contributed by atoms with Gasteiger partial charge in [-0.15, -0.1) is 0 Å². The van der Waals surface area contributed by atoms with E-state index < -0.39 is 6.10 Å². The Balaban J connectivity index is 2.59. The number of rotatable bonds is 4. The predicted molar refractivity (Wildman–Crippen MR) is 72.4 cm³/mol. The second-order valence-corrected chi connectivity index (χ2v) is 4.53. The summed E-state index contributed by atoms with van der Waals surface area (Å²) in [6.45, 7) is 2.46. The van der Waals surface area contributed by atoms with Crippen molar-refractivity contribution in [1.29, 1.82) is 0 Å². The predicted octanol–water partition coefficient (Wildman–Crippen LogP) is 1.23. The number of hydrogen-bond donors (Lipinski definition) is 2. The van der Waals surface area contributed by atoms with Crippen LogP contribution in [0.3, 0.4) is 0 Å². The van der Waals surface area contributed by atoms with E-state index in [9.17, 15) is 9.90 Å².